The zero-order chi connectivity index (χ0) is 15.0. The van der Waals surface area contributed by atoms with Gasteiger partial charge in [0, 0.05) is 22.8 Å². The van der Waals surface area contributed by atoms with Crippen LogP contribution in [0.2, 0.25) is 0 Å². The fraction of sp³-hybridized carbons (Fsp3) is 0.235. The van der Waals surface area contributed by atoms with E-state index in [1.165, 1.54) is 0 Å². The molecule has 0 fully saturated rings. The van der Waals surface area contributed by atoms with Gasteiger partial charge in [-0.1, -0.05) is 30.3 Å². The van der Waals surface area contributed by atoms with E-state index in [1.54, 1.807) is 6.92 Å². The van der Waals surface area contributed by atoms with Gasteiger partial charge in [0.2, 0.25) is 0 Å². The molecule has 0 spiro atoms. The second-order valence-electron chi connectivity index (χ2n) is 5.17. The molecule has 3 aromatic rings. The third-order valence-corrected chi connectivity index (χ3v) is 3.99. The molecule has 0 saturated carbocycles. The number of hydrogen-bond acceptors (Lipinski definition) is 2. The lowest BCUT2D eigenvalue weighted by atomic mass is 10.1. The number of nitrogens with one attached hydrogen (secondary N) is 1. The number of carbonyl (C=O) groups is 1. The highest BCUT2D eigenvalue weighted by atomic mass is 16.4. The van der Waals surface area contributed by atoms with Crippen LogP contribution in [0.1, 0.15) is 13.8 Å². The van der Waals surface area contributed by atoms with Crippen molar-refractivity contribution in [1.29, 1.82) is 0 Å². The average molecular weight is 282 g/mol. The Hall–Kier alpha value is -2.49. The molecule has 0 aliphatic heterocycles. The van der Waals surface area contributed by atoms with Crippen molar-refractivity contribution in [3.63, 3.8) is 0 Å². The molecule has 0 bridgehead atoms. The van der Waals surface area contributed by atoms with Crippen LogP contribution in [0.4, 0.5) is 5.69 Å². The van der Waals surface area contributed by atoms with E-state index in [4.69, 9.17) is 0 Å². The van der Waals surface area contributed by atoms with Crippen molar-refractivity contribution >= 4 is 33.5 Å². The fourth-order valence-electron chi connectivity index (χ4n) is 2.88. The number of likely N-dealkylation sites (N-methyl/N-ethyl adjacent to an activating group) is 1. The minimum atomic E-state index is -0.815. The maximum atomic E-state index is 11.3. The first-order chi connectivity index (χ1) is 10.1. The van der Waals surface area contributed by atoms with Crippen molar-refractivity contribution in [2.75, 3.05) is 11.4 Å². The molecule has 4 heteroatoms. The lowest BCUT2D eigenvalue weighted by Crippen LogP contribution is -2.39. The van der Waals surface area contributed by atoms with Crippen molar-refractivity contribution in [2.45, 2.75) is 19.9 Å². The summed E-state index contributed by atoms with van der Waals surface area (Å²) in [6, 6.07) is 13.6. The third kappa shape index (κ3) is 2.13. The minimum absolute atomic E-state index is 0.563. The molecular weight excluding hydrogens is 264 g/mol. The van der Waals surface area contributed by atoms with E-state index >= 15 is 0 Å². The lowest BCUT2D eigenvalue weighted by Gasteiger charge is -2.27. The molecule has 0 radical (unpaired) electrons. The second kappa shape index (κ2) is 5.13. The summed E-state index contributed by atoms with van der Waals surface area (Å²) in [6.07, 6.45) is 0. The Balaban J connectivity index is 2.25. The minimum Gasteiger partial charge on any atom is -0.480 e. The first-order valence-electron chi connectivity index (χ1n) is 7.12. The fourth-order valence-corrected chi connectivity index (χ4v) is 2.88. The van der Waals surface area contributed by atoms with Gasteiger partial charge in [-0.2, -0.15) is 0 Å². The van der Waals surface area contributed by atoms with Gasteiger partial charge < -0.3 is 15.0 Å². The highest BCUT2D eigenvalue weighted by molar-refractivity contribution is 6.11. The van der Waals surface area contributed by atoms with Gasteiger partial charge in [-0.15, -0.1) is 0 Å². The average Bonchev–Trinajstić information content (AvgIpc) is 2.87. The molecule has 0 aliphatic carbocycles. The van der Waals surface area contributed by atoms with Crippen LogP contribution in [0.3, 0.4) is 0 Å². The van der Waals surface area contributed by atoms with E-state index < -0.39 is 12.0 Å². The molecule has 4 nitrogen and oxygen atoms in total. The number of H-pyrrole nitrogens is 1. The van der Waals surface area contributed by atoms with Crippen LogP contribution in [0.5, 0.6) is 0 Å². The van der Waals surface area contributed by atoms with E-state index in [1.807, 2.05) is 42.2 Å². The summed E-state index contributed by atoms with van der Waals surface area (Å²) in [5.74, 6) is -0.815. The normalized spacial score (nSPS) is 12.7. The smallest absolute Gasteiger partial charge is 0.326 e. The van der Waals surface area contributed by atoms with Crippen molar-refractivity contribution in [3.8, 4) is 0 Å². The number of carboxylic acid groups (broad SMARTS) is 1. The highest BCUT2D eigenvalue weighted by Crippen LogP contribution is 2.32. The molecule has 0 amide bonds. The predicted molar refractivity (Wildman–Crippen MR) is 85.9 cm³/mol. The van der Waals surface area contributed by atoms with Crippen molar-refractivity contribution in [2.24, 2.45) is 0 Å². The number of anilines is 1. The van der Waals surface area contributed by atoms with E-state index in [0.717, 1.165) is 27.5 Å². The SMILES string of the molecule is CCN(c1cccc2c1[nH]c1ccccc12)[C@@H](C)C(=O)O. The van der Waals surface area contributed by atoms with Gasteiger partial charge in [-0.05, 0) is 26.0 Å². The molecule has 1 aromatic heterocycles. The van der Waals surface area contributed by atoms with Crippen molar-refractivity contribution in [3.05, 3.63) is 42.5 Å². The molecule has 3 rings (SSSR count). The maximum absolute atomic E-state index is 11.3. The summed E-state index contributed by atoms with van der Waals surface area (Å²) in [5.41, 5.74) is 2.99. The molecule has 0 saturated heterocycles. The number of aliphatic carboxylic acids is 1. The van der Waals surface area contributed by atoms with E-state index in [2.05, 4.69) is 17.1 Å². The first-order valence-corrected chi connectivity index (χ1v) is 7.12. The molecule has 1 atom stereocenters. The Labute approximate surface area is 123 Å². The molecule has 21 heavy (non-hydrogen) atoms. The maximum Gasteiger partial charge on any atom is 0.326 e. The summed E-state index contributed by atoms with van der Waals surface area (Å²) in [4.78, 5) is 16.7. The van der Waals surface area contributed by atoms with Crippen molar-refractivity contribution in [1.82, 2.24) is 4.98 Å². The van der Waals surface area contributed by atoms with Gasteiger partial charge in [0.25, 0.3) is 0 Å². The molecule has 2 N–H and O–H groups in total. The summed E-state index contributed by atoms with van der Waals surface area (Å²) in [5, 5.41) is 11.6. The van der Waals surface area contributed by atoms with Crippen LogP contribution in [0.25, 0.3) is 21.8 Å². The molecule has 108 valence electrons. The first kappa shape index (κ1) is 13.5. The van der Waals surface area contributed by atoms with E-state index in [-0.39, 0.29) is 0 Å². The van der Waals surface area contributed by atoms with Gasteiger partial charge in [0.05, 0.1) is 11.2 Å². The number of para-hydroxylation sites is 2. The number of aromatic amines is 1. The highest BCUT2D eigenvalue weighted by Gasteiger charge is 2.22. The number of nitrogens with zero attached hydrogens (tertiary/aromatic N) is 1. The Morgan fingerprint density at radius 1 is 1.19 bits per heavy atom. The van der Waals surface area contributed by atoms with Crippen LogP contribution < -0.4 is 4.90 Å². The predicted octanol–water partition coefficient (Wildman–Crippen LogP) is 3.62. The van der Waals surface area contributed by atoms with Gasteiger partial charge in [-0.25, -0.2) is 4.79 Å². The third-order valence-electron chi connectivity index (χ3n) is 3.99. The quantitative estimate of drug-likeness (QED) is 0.768. The molecule has 0 aliphatic rings. The van der Waals surface area contributed by atoms with Gasteiger partial charge >= 0.3 is 5.97 Å². The van der Waals surface area contributed by atoms with Gasteiger partial charge in [0.1, 0.15) is 6.04 Å². The number of aromatic nitrogens is 1. The van der Waals surface area contributed by atoms with Crippen LogP contribution in [-0.2, 0) is 4.79 Å². The van der Waals surface area contributed by atoms with Crippen LogP contribution in [0, 0.1) is 0 Å². The summed E-state index contributed by atoms with van der Waals surface area (Å²) >= 11 is 0. The van der Waals surface area contributed by atoms with Crippen LogP contribution >= 0.6 is 0 Å². The zero-order valence-electron chi connectivity index (χ0n) is 12.1. The Kier molecular flexibility index (Phi) is 3.29. The molecule has 2 aromatic carbocycles. The Bertz CT molecular complexity index is 807. The number of hydrogen-bond donors (Lipinski definition) is 2. The molecule has 0 unspecified atom stereocenters. The number of fused-ring (bicyclic) bond motifs is 3. The number of benzene rings is 2. The number of rotatable bonds is 4. The van der Waals surface area contributed by atoms with E-state index in [0.29, 0.717) is 6.54 Å². The topological polar surface area (TPSA) is 56.3 Å². The summed E-state index contributed by atoms with van der Waals surface area (Å²) in [6.45, 7) is 4.33. The molecule has 1 heterocycles. The summed E-state index contributed by atoms with van der Waals surface area (Å²) in [7, 11) is 0. The van der Waals surface area contributed by atoms with E-state index in [9.17, 15) is 9.90 Å². The standard InChI is InChI=1S/C17H18N2O2/c1-3-19(11(2)17(20)21)15-10-6-8-13-12-7-4-5-9-14(12)18-16(13)15/h4-11,18H,3H2,1-2H3,(H,20,21)/t11-/m0/s1. The monoisotopic (exact) mass is 282 g/mol. The summed E-state index contributed by atoms with van der Waals surface area (Å²) < 4.78 is 0. The largest absolute Gasteiger partial charge is 0.480 e. The lowest BCUT2D eigenvalue weighted by molar-refractivity contribution is -0.138. The Morgan fingerprint density at radius 2 is 1.90 bits per heavy atom. The molecular formula is C17H18N2O2. The van der Waals surface area contributed by atoms with Gasteiger partial charge in [-0.3, -0.25) is 0 Å². The Morgan fingerprint density at radius 3 is 2.62 bits per heavy atom. The zero-order valence-corrected chi connectivity index (χ0v) is 12.1. The van der Waals surface area contributed by atoms with Crippen molar-refractivity contribution < 1.29 is 9.90 Å². The van der Waals surface area contributed by atoms with Crippen LogP contribution in [0.15, 0.2) is 42.5 Å². The van der Waals surface area contributed by atoms with Crippen LogP contribution in [-0.4, -0.2) is 28.6 Å². The number of carboxylic acids is 1. The van der Waals surface area contributed by atoms with Gasteiger partial charge in [0.15, 0.2) is 0 Å². The second-order valence-corrected chi connectivity index (χ2v) is 5.17.